The van der Waals surface area contributed by atoms with Crippen molar-refractivity contribution in [2.24, 2.45) is 13.0 Å². The van der Waals surface area contributed by atoms with Crippen LogP contribution in [0, 0.1) is 5.92 Å². The van der Waals surface area contributed by atoms with Gasteiger partial charge in [0.15, 0.2) is 0 Å². The Kier molecular flexibility index (Phi) is 3.08. The van der Waals surface area contributed by atoms with Gasteiger partial charge in [-0.2, -0.15) is 5.10 Å². The molecule has 0 bridgehead atoms. The van der Waals surface area contributed by atoms with Gasteiger partial charge in [0.05, 0.1) is 22.3 Å². The van der Waals surface area contributed by atoms with Crippen molar-refractivity contribution in [3.63, 3.8) is 0 Å². The van der Waals surface area contributed by atoms with Crippen molar-refractivity contribution >= 4 is 21.9 Å². The fourth-order valence-corrected chi connectivity index (χ4v) is 1.55. The van der Waals surface area contributed by atoms with Gasteiger partial charge in [-0.15, -0.1) is 0 Å². The molecular weight excluding hydrogens is 236 g/mol. The molecule has 72 valence electrons. The molecule has 1 aromatic heterocycles. The Balaban J connectivity index is 2.79. The molecule has 0 aliphatic rings. The molecule has 0 spiro atoms. The van der Waals surface area contributed by atoms with Gasteiger partial charge in [0.1, 0.15) is 0 Å². The van der Waals surface area contributed by atoms with Crippen LogP contribution in [-0.4, -0.2) is 20.9 Å². The van der Waals surface area contributed by atoms with Gasteiger partial charge < -0.3 is 5.11 Å². The summed E-state index contributed by atoms with van der Waals surface area (Å²) in [5.41, 5.74) is 0.912. The first-order chi connectivity index (χ1) is 6.02. The number of carbonyl (C=O) groups is 1. The van der Waals surface area contributed by atoms with Gasteiger partial charge in [0.25, 0.3) is 0 Å². The Bertz CT molecular complexity index is 302. The van der Waals surface area contributed by atoms with Crippen LogP contribution in [0.15, 0.2) is 10.7 Å². The van der Waals surface area contributed by atoms with Crippen LogP contribution in [0.5, 0.6) is 0 Å². The normalized spacial score (nSPS) is 12.8. The first-order valence-corrected chi connectivity index (χ1v) is 4.71. The number of halogens is 1. The van der Waals surface area contributed by atoms with Gasteiger partial charge in [0, 0.05) is 13.5 Å². The van der Waals surface area contributed by atoms with E-state index in [2.05, 4.69) is 21.0 Å². The van der Waals surface area contributed by atoms with Crippen LogP contribution in [-0.2, 0) is 18.3 Å². The SMILES string of the molecule is CC(Cc1c(Br)cnn1C)C(=O)O. The summed E-state index contributed by atoms with van der Waals surface area (Å²) in [5.74, 6) is -1.17. The highest BCUT2D eigenvalue weighted by Crippen LogP contribution is 2.18. The van der Waals surface area contributed by atoms with Crippen molar-refractivity contribution in [3.8, 4) is 0 Å². The van der Waals surface area contributed by atoms with E-state index in [0.717, 1.165) is 10.2 Å². The number of aliphatic carboxylic acids is 1. The maximum Gasteiger partial charge on any atom is 0.306 e. The summed E-state index contributed by atoms with van der Waals surface area (Å²) >= 11 is 3.32. The molecule has 1 atom stereocenters. The van der Waals surface area contributed by atoms with Gasteiger partial charge >= 0.3 is 5.97 Å². The van der Waals surface area contributed by atoms with Crippen LogP contribution in [0.3, 0.4) is 0 Å². The van der Waals surface area contributed by atoms with Crippen LogP contribution in [0.4, 0.5) is 0 Å². The second kappa shape index (κ2) is 3.91. The van der Waals surface area contributed by atoms with E-state index in [-0.39, 0.29) is 5.92 Å². The summed E-state index contributed by atoms with van der Waals surface area (Å²) in [4.78, 5) is 10.6. The Morgan fingerprint density at radius 2 is 2.46 bits per heavy atom. The van der Waals surface area contributed by atoms with Crippen LogP contribution < -0.4 is 0 Å². The first-order valence-electron chi connectivity index (χ1n) is 3.91. The topological polar surface area (TPSA) is 55.1 Å². The molecule has 0 amide bonds. The van der Waals surface area contributed by atoms with Gasteiger partial charge in [-0.05, 0) is 15.9 Å². The molecule has 1 N–H and O–H groups in total. The predicted molar refractivity (Wildman–Crippen MR) is 51.4 cm³/mol. The van der Waals surface area contributed by atoms with E-state index in [1.807, 2.05) is 0 Å². The summed E-state index contributed by atoms with van der Waals surface area (Å²) in [5, 5.41) is 12.7. The molecule has 1 unspecified atom stereocenters. The van der Waals surface area contributed by atoms with Gasteiger partial charge in [0.2, 0.25) is 0 Å². The number of hydrogen-bond acceptors (Lipinski definition) is 2. The zero-order valence-corrected chi connectivity index (χ0v) is 9.08. The summed E-state index contributed by atoms with van der Waals surface area (Å²) < 4.78 is 2.55. The number of carboxylic acids is 1. The molecule has 0 fully saturated rings. The molecule has 0 aliphatic carbocycles. The number of hydrogen-bond donors (Lipinski definition) is 1. The lowest BCUT2D eigenvalue weighted by Gasteiger charge is -2.06. The minimum absolute atomic E-state index is 0.383. The van der Waals surface area contributed by atoms with Crippen LogP contribution >= 0.6 is 15.9 Å². The zero-order chi connectivity index (χ0) is 10.0. The van der Waals surface area contributed by atoms with E-state index < -0.39 is 5.97 Å². The molecule has 0 saturated carbocycles. The van der Waals surface area contributed by atoms with E-state index in [0.29, 0.717) is 6.42 Å². The monoisotopic (exact) mass is 246 g/mol. The van der Waals surface area contributed by atoms with Crippen LogP contribution in [0.25, 0.3) is 0 Å². The maximum absolute atomic E-state index is 10.6. The fraction of sp³-hybridized carbons (Fsp3) is 0.500. The Labute approximate surface area is 84.7 Å². The Hall–Kier alpha value is -0.840. The highest BCUT2D eigenvalue weighted by Gasteiger charge is 2.15. The third-order valence-electron chi connectivity index (χ3n) is 1.93. The average molecular weight is 247 g/mol. The fourth-order valence-electron chi connectivity index (χ4n) is 1.04. The zero-order valence-electron chi connectivity index (χ0n) is 7.49. The van der Waals surface area contributed by atoms with Crippen molar-refractivity contribution in [1.29, 1.82) is 0 Å². The maximum atomic E-state index is 10.6. The number of nitrogens with zero attached hydrogens (tertiary/aromatic N) is 2. The standard InChI is InChI=1S/C8H11BrN2O2/c1-5(8(12)13)3-7-6(9)4-10-11(7)2/h4-5H,3H2,1-2H3,(H,12,13). The van der Waals surface area contributed by atoms with E-state index in [1.54, 1.807) is 24.9 Å². The van der Waals surface area contributed by atoms with E-state index in [9.17, 15) is 4.79 Å². The molecule has 0 aliphatic heterocycles. The minimum Gasteiger partial charge on any atom is -0.481 e. The smallest absolute Gasteiger partial charge is 0.306 e. The first kappa shape index (κ1) is 10.2. The number of carboxylic acid groups (broad SMARTS) is 1. The molecule has 1 heterocycles. The number of aromatic nitrogens is 2. The highest BCUT2D eigenvalue weighted by molar-refractivity contribution is 9.10. The third kappa shape index (κ3) is 2.30. The number of aryl methyl sites for hydroxylation is 1. The van der Waals surface area contributed by atoms with E-state index in [4.69, 9.17) is 5.11 Å². The summed E-state index contributed by atoms with van der Waals surface area (Å²) in [6, 6.07) is 0. The molecular formula is C8H11BrN2O2. The minimum atomic E-state index is -0.784. The average Bonchev–Trinajstić information content (AvgIpc) is 2.35. The molecule has 0 aromatic carbocycles. The molecule has 0 saturated heterocycles. The summed E-state index contributed by atoms with van der Waals surface area (Å²) in [7, 11) is 1.80. The van der Waals surface area contributed by atoms with Crippen molar-refractivity contribution in [2.75, 3.05) is 0 Å². The van der Waals surface area contributed by atoms with Crippen molar-refractivity contribution in [2.45, 2.75) is 13.3 Å². The molecule has 5 heteroatoms. The van der Waals surface area contributed by atoms with Gasteiger partial charge in [-0.1, -0.05) is 6.92 Å². The highest BCUT2D eigenvalue weighted by atomic mass is 79.9. The van der Waals surface area contributed by atoms with Crippen molar-refractivity contribution in [3.05, 3.63) is 16.4 Å². The van der Waals surface area contributed by atoms with Crippen LogP contribution in [0.2, 0.25) is 0 Å². The second-order valence-electron chi connectivity index (χ2n) is 3.01. The number of rotatable bonds is 3. The summed E-state index contributed by atoms with van der Waals surface area (Å²) in [6.07, 6.45) is 2.16. The van der Waals surface area contributed by atoms with Gasteiger partial charge in [-0.25, -0.2) is 0 Å². The lowest BCUT2D eigenvalue weighted by atomic mass is 10.1. The Morgan fingerprint density at radius 1 is 1.85 bits per heavy atom. The van der Waals surface area contributed by atoms with E-state index in [1.165, 1.54) is 0 Å². The second-order valence-corrected chi connectivity index (χ2v) is 3.86. The van der Waals surface area contributed by atoms with Gasteiger partial charge in [-0.3, -0.25) is 9.48 Å². The lowest BCUT2D eigenvalue weighted by Crippen LogP contribution is -2.14. The molecule has 1 rings (SSSR count). The third-order valence-corrected chi connectivity index (χ3v) is 2.59. The molecule has 13 heavy (non-hydrogen) atoms. The predicted octanol–water partition coefficient (Wildman–Crippen LogP) is 1.45. The van der Waals surface area contributed by atoms with Crippen molar-refractivity contribution < 1.29 is 9.90 Å². The Morgan fingerprint density at radius 3 is 2.85 bits per heavy atom. The largest absolute Gasteiger partial charge is 0.481 e. The van der Waals surface area contributed by atoms with Crippen molar-refractivity contribution in [1.82, 2.24) is 9.78 Å². The lowest BCUT2D eigenvalue weighted by molar-refractivity contribution is -0.141. The molecule has 1 aromatic rings. The van der Waals surface area contributed by atoms with E-state index >= 15 is 0 Å². The molecule has 0 radical (unpaired) electrons. The summed E-state index contributed by atoms with van der Waals surface area (Å²) in [6.45, 7) is 1.68. The quantitative estimate of drug-likeness (QED) is 0.879. The molecule has 4 nitrogen and oxygen atoms in total. The van der Waals surface area contributed by atoms with Crippen LogP contribution in [0.1, 0.15) is 12.6 Å².